The first kappa shape index (κ1) is 16.3. The highest BCUT2D eigenvalue weighted by atomic mass is 16.5. The number of rotatable bonds is 5. The van der Waals surface area contributed by atoms with E-state index in [-0.39, 0.29) is 12.5 Å². The van der Waals surface area contributed by atoms with E-state index in [0.29, 0.717) is 28.7 Å². The lowest BCUT2D eigenvalue weighted by Crippen LogP contribution is -2.20. The van der Waals surface area contributed by atoms with Gasteiger partial charge in [-0.3, -0.25) is 4.79 Å². The third kappa shape index (κ3) is 4.03. The summed E-state index contributed by atoms with van der Waals surface area (Å²) in [6.45, 7) is 1.62. The lowest BCUT2D eigenvalue weighted by molar-refractivity contribution is -0.118. The molecular formula is C19H15N3O3. The molecule has 0 bridgehead atoms. The van der Waals surface area contributed by atoms with Gasteiger partial charge in [-0.2, -0.15) is 5.26 Å². The fourth-order valence-electron chi connectivity index (χ4n) is 2.24. The molecule has 0 aliphatic carbocycles. The van der Waals surface area contributed by atoms with E-state index in [4.69, 9.17) is 14.4 Å². The highest BCUT2D eigenvalue weighted by Gasteiger charge is 2.09. The molecule has 124 valence electrons. The van der Waals surface area contributed by atoms with E-state index in [1.54, 1.807) is 48.7 Å². The molecule has 0 spiro atoms. The van der Waals surface area contributed by atoms with Crippen molar-refractivity contribution in [1.82, 2.24) is 4.98 Å². The van der Waals surface area contributed by atoms with Crippen LogP contribution in [0.2, 0.25) is 0 Å². The van der Waals surface area contributed by atoms with Gasteiger partial charge in [-0.1, -0.05) is 18.2 Å². The summed E-state index contributed by atoms with van der Waals surface area (Å²) in [6, 6.07) is 16.0. The van der Waals surface area contributed by atoms with Crippen LogP contribution in [0.25, 0.3) is 11.5 Å². The van der Waals surface area contributed by atoms with Gasteiger partial charge < -0.3 is 14.5 Å². The zero-order valence-electron chi connectivity index (χ0n) is 13.5. The Morgan fingerprint density at radius 1 is 1.28 bits per heavy atom. The standard InChI is InChI=1S/C19H15N3O3/c1-13-11-21-19(25-13)14-6-4-7-16(9-14)22-18(23)12-24-17-8-3-2-5-15(17)10-20/h2-9,11H,12H2,1H3,(H,22,23). The summed E-state index contributed by atoms with van der Waals surface area (Å²) < 4.78 is 10.9. The number of carbonyl (C=O) groups excluding carboxylic acids is 1. The number of hydrogen-bond acceptors (Lipinski definition) is 5. The van der Waals surface area contributed by atoms with Crippen molar-refractivity contribution < 1.29 is 13.9 Å². The number of aryl methyl sites for hydroxylation is 1. The summed E-state index contributed by atoms with van der Waals surface area (Å²) in [7, 11) is 0. The van der Waals surface area contributed by atoms with Crippen molar-refractivity contribution in [3.63, 3.8) is 0 Å². The van der Waals surface area contributed by atoms with Gasteiger partial charge in [0.05, 0.1) is 11.8 Å². The van der Waals surface area contributed by atoms with E-state index in [2.05, 4.69) is 10.3 Å². The van der Waals surface area contributed by atoms with Crippen LogP contribution in [0.1, 0.15) is 11.3 Å². The highest BCUT2D eigenvalue weighted by Crippen LogP contribution is 2.22. The first-order valence-electron chi connectivity index (χ1n) is 7.60. The van der Waals surface area contributed by atoms with Gasteiger partial charge in [-0.05, 0) is 37.3 Å². The Morgan fingerprint density at radius 3 is 2.88 bits per heavy atom. The number of anilines is 1. The van der Waals surface area contributed by atoms with E-state index in [1.807, 2.05) is 19.1 Å². The minimum atomic E-state index is -0.325. The maximum Gasteiger partial charge on any atom is 0.262 e. The Labute approximate surface area is 144 Å². The maximum absolute atomic E-state index is 12.1. The zero-order valence-corrected chi connectivity index (χ0v) is 13.5. The average molecular weight is 333 g/mol. The van der Waals surface area contributed by atoms with E-state index < -0.39 is 0 Å². The molecule has 25 heavy (non-hydrogen) atoms. The van der Waals surface area contributed by atoms with E-state index in [1.165, 1.54) is 0 Å². The molecule has 0 unspecified atom stereocenters. The van der Waals surface area contributed by atoms with E-state index in [9.17, 15) is 4.79 Å². The number of nitrogens with one attached hydrogen (secondary N) is 1. The third-order valence-electron chi connectivity index (χ3n) is 3.38. The molecule has 2 aromatic carbocycles. The number of nitriles is 1. The smallest absolute Gasteiger partial charge is 0.262 e. The number of amides is 1. The van der Waals surface area contributed by atoms with E-state index in [0.717, 1.165) is 5.56 Å². The number of para-hydroxylation sites is 1. The summed E-state index contributed by atoms with van der Waals surface area (Å²) in [5.74, 6) is 1.26. The van der Waals surface area contributed by atoms with Crippen LogP contribution in [0, 0.1) is 18.3 Å². The molecule has 0 saturated heterocycles. The minimum Gasteiger partial charge on any atom is -0.482 e. The number of benzene rings is 2. The molecule has 1 aromatic heterocycles. The number of hydrogen-bond donors (Lipinski definition) is 1. The fourth-order valence-corrected chi connectivity index (χ4v) is 2.24. The molecule has 1 N–H and O–H groups in total. The molecule has 1 amide bonds. The second kappa shape index (κ2) is 7.32. The molecular weight excluding hydrogens is 318 g/mol. The average Bonchev–Trinajstić information content (AvgIpc) is 3.07. The van der Waals surface area contributed by atoms with Crippen LogP contribution in [0.4, 0.5) is 5.69 Å². The molecule has 0 atom stereocenters. The Morgan fingerprint density at radius 2 is 2.12 bits per heavy atom. The van der Waals surface area contributed by atoms with Gasteiger partial charge in [0.2, 0.25) is 5.89 Å². The van der Waals surface area contributed by atoms with Crippen LogP contribution in [0.15, 0.2) is 59.1 Å². The summed E-state index contributed by atoms with van der Waals surface area (Å²) in [5.41, 5.74) is 1.76. The molecule has 1 heterocycles. The molecule has 0 saturated carbocycles. The van der Waals surface area contributed by atoms with Crippen LogP contribution in [0.5, 0.6) is 5.75 Å². The van der Waals surface area contributed by atoms with Gasteiger partial charge in [-0.25, -0.2) is 4.98 Å². The van der Waals surface area contributed by atoms with Crippen molar-refractivity contribution in [2.24, 2.45) is 0 Å². The molecule has 6 nitrogen and oxygen atoms in total. The highest BCUT2D eigenvalue weighted by molar-refractivity contribution is 5.92. The van der Waals surface area contributed by atoms with E-state index >= 15 is 0 Å². The zero-order chi connectivity index (χ0) is 17.6. The van der Waals surface area contributed by atoms with Crippen molar-refractivity contribution in [1.29, 1.82) is 5.26 Å². The van der Waals surface area contributed by atoms with Crippen molar-refractivity contribution in [3.8, 4) is 23.3 Å². The predicted octanol–water partition coefficient (Wildman–Crippen LogP) is 3.54. The number of ether oxygens (including phenoxy) is 1. The molecule has 0 aliphatic heterocycles. The van der Waals surface area contributed by atoms with Gasteiger partial charge in [0.1, 0.15) is 17.6 Å². The SMILES string of the molecule is Cc1cnc(-c2cccc(NC(=O)COc3ccccc3C#N)c2)o1. The minimum absolute atomic E-state index is 0.193. The number of nitrogens with zero attached hydrogens (tertiary/aromatic N) is 2. The quantitative estimate of drug-likeness (QED) is 0.771. The normalized spacial score (nSPS) is 10.1. The number of aromatic nitrogens is 1. The van der Waals surface area contributed by atoms with Crippen molar-refractivity contribution in [2.45, 2.75) is 6.92 Å². The van der Waals surface area contributed by atoms with Crippen LogP contribution < -0.4 is 10.1 Å². The van der Waals surface area contributed by atoms with Gasteiger partial charge in [0.15, 0.2) is 6.61 Å². The van der Waals surface area contributed by atoms with Gasteiger partial charge in [-0.15, -0.1) is 0 Å². The van der Waals surface area contributed by atoms with Crippen LogP contribution >= 0.6 is 0 Å². The third-order valence-corrected chi connectivity index (χ3v) is 3.38. The van der Waals surface area contributed by atoms with Gasteiger partial charge in [0, 0.05) is 11.3 Å². The number of oxazole rings is 1. The summed E-state index contributed by atoms with van der Waals surface area (Å²) in [5, 5.41) is 11.8. The van der Waals surface area contributed by atoms with Crippen molar-refractivity contribution in [3.05, 3.63) is 66.1 Å². The predicted molar refractivity (Wildman–Crippen MR) is 92.0 cm³/mol. The molecule has 3 rings (SSSR count). The number of carbonyl (C=O) groups is 1. The van der Waals surface area contributed by atoms with Crippen molar-refractivity contribution in [2.75, 3.05) is 11.9 Å². The lowest BCUT2D eigenvalue weighted by Gasteiger charge is -2.09. The Balaban J connectivity index is 1.64. The molecule has 3 aromatic rings. The Bertz CT molecular complexity index is 941. The van der Waals surface area contributed by atoms with Crippen LogP contribution in [0.3, 0.4) is 0 Å². The first-order chi connectivity index (χ1) is 12.2. The topological polar surface area (TPSA) is 88.1 Å². The monoisotopic (exact) mass is 333 g/mol. The first-order valence-corrected chi connectivity index (χ1v) is 7.60. The fraction of sp³-hybridized carbons (Fsp3) is 0.105. The largest absolute Gasteiger partial charge is 0.482 e. The van der Waals surface area contributed by atoms with Crippen LogP contribution in [-0.4, -0.2) is 17.5 Å². The second-order valence-corrected chi connectivity index (χ2v) is 5.30. The Kier molecular flexibility index (Phi) is 4.77. The van der Waals surface area contributed by atoms with Gasteiger partial charge in [0.25, 0.3) is 5.91 Å². The molecule has 0 aliphatic rings. The second-order valence-electron chi connectivity index (χ2n) is 5.30. The van der Waals surface area contributed by atoms with Crippen molar-refractivity contribution >= 4 is 11.6 Å². The molecule has 0 fully saturated rings. The lowest BCUT2D eigenvalue weighted by atomic mass is 10.2. The summed E-state index contributed by atoms with van der Waals surface area (Å²) in [6.07, 6.45) is 1.64. The molecule has 6 heteroatoms. The Hall–Kier alpha value is -3.59. The van der Waals surface area contributed by atoms with Gasteiger partial charge >= 0.3 is 0 Å². The summed E-state index contributed by atoms with van der Waals surface area (Å²) in [4.78, 5) is 16.2. The van der Waals surface area contributed by atoms with Crippen LogP contribution in [-0.2, 0) is 4.79 Å². The maximum atomic E-state index is 12.1. The molecule has 0 radical (unpaired) electrons. The summed E-state index contributed by atoms with van der Waals surface area (Å²) >= 11 is 0.